The van der Waals surface area contributed by atoms with Crippen molar-refractivity contribution in [2.24, 2.45) is 0 Å². The molecular formula is C27H25F4N7O. The number of pyridine rings is 1. The van der Waals surface area contributed by atoms with Crippen molar-refractivity contribution in [1.29, 1.82) is 0 Å². The van der Waals surface area contributed by atoms with Gasteiger partial charge in [-0.15, -0.1) is 0 Å². The topological polar surface area (TPSA) is 72.1 Å². The Labute approximate surface area is 221 Å². The number of likely N-dealkylation sites (tertiary alicyclic amines) is 2. The van der Waals surface area contributed by atoms with Crippen LogP contribution in [0.1, 0.15) is 18.0 Å². The average Bonchev–Trinajstić information content (AvgIpc) is 3.47. The molecule has 0 N–H and O–H groups in total. The molecule has 0 radical (unpaired) electrons. The summed E-state index contributed by atoms with van der Waals surface area (Å²) in [5.41, 5.74) is 2.98. The van der Waals surface area contributed by atoms with E-state index in [4.69, 9.17) is 5.10 Å². The van der Waals surface area contributed by atoms with Gasteiger partial charge in [0.1, 0.15) is 11.2 Å². The molecule has 0 spiro atoms. The summed E-state index contributed by atoms with van der Waals surface area (Å²) in [7, 11) is 0. The summed E-state index contributed by atoms with van der Waals surface area (Å²) in [4.78, 5) is 20.3. The molecule has 3 aromatic heterocycles. The van der Waals surface area contributed by atoms with Crippen LogP contribution in [0.15, 0.2) is 61.3 Å². The van der Waals surface area contributed by atoms with E-state index < -0.39 is 23.5 Å². The third-order valence-electron chi connectivity index (χ3n) is 7.34. The van der Waals surface area contributed by atoms with E-state index in [1.165, 1.54) is 23.5 Å². The second-order valence-corrected chi connectivity index (χ2v) is 9.88. The zero-order valence-electron chi connectivity index (χ0n) is 20.9. The first kappa shape index (κ1) is 25.2. The lowest BCUT2D eigenvalue weighted by Gasteiger charge is -2.39. The third-order valence-corrected chi connectivity index (χ3v) is 7.34. The van der Waals surface area contributed by atoms with Gasteiger partial charge in [-0.2, -0.15) is 23.4 Å². The van der Waals surface area contributed by atoms with Gasteiger partial charge in [0, 0.05) is 48.7 Å². The number of alkyl halides is 3. The molecule has 1 amide bonds. The number of nitrogens with zero attached hydrogens (tertiary/aromatic N) is 7. The summed E-state index contributed by atoms with van der Waals surface area (Å²) < 4.78 is 56.5. The largest absolute Gasteiger partial charge is 0.416 e. The van der Waals surface area contributed by atoms with Gasteiger partial charge in [-0.3, -0.25) is 19.1 Å². The first-order valence-corrected chi connectivity index (χ1v) is 12.6. The maximum absolute atomic E-state index is 13.4. The molecule has 8 nitrogen and oxygen atoms in total. The molecule has 12 heteroatoms. The molecule has 2 aliphatic heterocycles. The Bertz CT molecular complexity index is 1550. The molecule has 5 heterocycles. The Balaban J connectivity index is 1.40. The first-order chi connectivity index (χ1) is 18.7. The number of fused-ring (bicyclic) bond motifs is 1. The lowest BCUT2D eigenvalue weighted by Crippen LogP contribution is -2.51. The van der Waals surface area contributed by atoms with Crippen LogP contribution in [-0.2, 0) is 17.5 Å². The number of hydrogen-bond donors (Lipinski definition) is 0. The molecule has 0 atom stereocenters. The zero-order valence-corrected chi connectivity index (χ0v) is 20.9. The highest BCUT2D eigenvalue weighted by Gasteiger charge is 2.36. The molecule has 4 aromatic rings. The Morgan fingerprint density at radius 3 is 2.44 bits per heavy atom. The van der Waals surface area contributed by atoms with Crippen molar-refractivity contribution in [3.8, 4) is 22.4 Å². The number of amides is 1. The summed E-state index contributed by atoms with van der Waals surface area (Å²) >= 11 is 0. The van der Waals surface area contributed by atoms with Gasteiger partial charge in [0.25, 0.3) is 5.91 Å². The van der Waals surface area contributed by atoms with Crippen molar-refractivity contribution in [1.82, 2.24) is 34.3 Å². The summed E-state index contributed by atoms with van der Waals surface area (Å²) in [5, 5.41) is 9.29. The van der Waals surface area contributed by atoms with E-state index >= 15 is 0 Å². The molecule has 0 aliphatic carbocycles. The predicted molar refractivity (Wildman–Crippen MR) is 136 cm³/mol. The van der Waals surface area contributed by atoms with Crippen LogP contribution >= 0.6 is 0 Å². The summed E-state index contributed by atoms with van der Waals surface area (Å²) in [6, 6.07) is 6.36. The van der Waals surface area contributed by atoms with Gasteiger partial charge >= 0.3 is 6.18 Å². The number of carbonyl (C=O) groups excluding carboxylic acids is 1. The van der Waals surface area contributed by atoms with E-state index in [2.05, 4.69) is 21.6 Å². The number of aromatic nitrogens is 5. The number of carbonyl (C=O) groups is 1. The molecular weight excluding hydrogens is 514 g/mol. The van der Waals surface area contributed by atoms with Crippen molar-refractivity contribution < 1.29 is 22.4 Å². The molecule has 0 bridgehead atoms. The minimum atomic E-state index is -4.45. The second kappa shape index (κ2) is 9.60. The van der Waals surface area contributed by atoms with Crippen LogP contribution < -0.4 is 0 Å². The average molecular weight is 540 g/mol. The van der Waals surface area contributed by atoms with E-state index in [9.17, 15) is 22.4 Å². The highest BCUT2D eigenvalue weighted by atomic mass is 19.4. The summed E-state index contributed by atoms with van der Waals surface area (Å²) in [6.07, 6.45) is 2.12. The lowest BCUT2D eigenvalue weighted by atomic mass is 10.0. The van der Waals surface area contributed by atoms with Gasteiger partial charge in [0.2, 0.25) is 0 Å². The molecule has 2 aliphatic rings. The fourth-order valence-electron chi connectivity index (χ4n) is 4.99. The van der Waals surface area contributed by atoms with Crippen LogP contribution in [0.5, 0.6) is 0 Å². The van der Waals surface area contributed by atoms with Gasteiger partial charge < -0.3 is 9.80 Å². The van der Waals surface area contributed by atoms with E-state index in [0.717, 1.165) is 49.4 Å². The van der Waals surface area contributed by atoms with Crippen LogP contribution in [0.4, 0.5) is 17.6 Å². The Morgan fingerprint density at radius 1 is 1.05 bits per heavy atom. The normalized spacial score (nSPS) is 16.4. The predicted octanol–water partition coefficient (Wildman–Crippen LogP) is 4.55. The number of hydrogen-bond acceptors (Lipinski definition) is 5. The molecule has 0 unspecified atom stereocenters. The Morgan fingerprint density at radius 2 is 1.79 bits per heavy atom. The Kier molecular flexibility index (Phi) is 6.21. The van der Waals surface area contributed by atoms with Gasteiger partial charge in [0.05, 0.1) is 29.9 Å². The first-order valence-electron chi connectivity index (χ1n) is 12.6. The van der Waals surface area contributed by atoms with Gasteiger partial charge in [0.15, 0.2) is 5.83 Å². The highest BCUT2D eigenvalue weighted by Crippen LogP contribution is 2.38. The summed E-state index contributed by atoms with van der Waals surface area (Å²) in [5.74, 6) is -1.80. The van der Waals surface area contributed by atoms with E-state index in [1.54, 1.807) is 17.1 Å². The molecule has 2 saturated heterocycles. The van der Waals surface area contributed by atoms with E-state index in [1.807, 2.05) is 16.9 Å². The highest BCUT2D eigenvalue weighted by molar-refractivity contribution is 5.99. The van der Waals surface area contributed by atoms with E-state index in [0.29, 0.717) is 22.3 Å². The van der Waals surface area contributed by atoms with Crippen molar-refractivity contribution in [3.63, 3.8) is 0 Å². The van der Waals surface area contributed by atoms with Crippen LogP contribution in [0.25, 0.3) is 33.4 Å². The minimum Gasteiger partial charge on any atom is -0.332 e. The lowest BCUT2D eigenvalue weighted by molar-refractivity contribution is -0.137. The molecule has 202 valence electrons. The molecule has 39 heavy (non-hydrogen) atoms. The standard InChI is InChI=1S/C27H25F4N7O/c1-17(28)26(39)36-15-21(16-36)38-25-22(19-13-33-37(14-19)12-11-35-9-2-10-35)7-8-32-24(25)23(34-38)18-3-5-20(6-4-18)27(29,30)31/h3-8,13-14,21H,1-2,9-12,15-16H2. The number of benzene rings is 1. The monoisotopic (exact) mass is 539 g/mol. The smallest absolute Gasteiger partial charge is 0.332 e. The quantitative estimate of drug-likeness (QED) is 0.255. The second-order valence-electron chi connectivity index (χ2n) is 9.88. The molecule has 6 rings (SSSR count). The van der Waals surface area contributed by atoms with Gasteiger partial charge in [-0.1, -0.05) is 18.7 Å². The molecule has 2 fully saturated rings. The summed E-state index contributed by atoms with van der Waals surface area (Å²) in [6.45, 7) is 7.37. The maximum atomic E-state index is 13.4. The van der Waals surface area contributed by atoms with Crippen molar-refractivity contribution >= 4 is 16.9 Å². The SMILES string of the molecule is C=C(F)C(=O)N1CC(n2nc(-c3ccc(C(F)(F)F)cc3)c3nccc(-c4cnn(CCN5CCC5)c4)c32)C1. The molecule has 1 aromatic carbocycles. The zero-order chi connectivity index (χ0) is 27.3. The fourth-order valence-corrected chi connectivity index (χ4v) is 4.99. The van der Waals surface area contributed by atoms with Crippen LogP contribution in [0.2, 0.25) is 0 Å². The van der Waals surface area contributed by atoms with Crippen LogP contribution in [0, 0.1) is 0 Å². The van der Waals surface area contributed by atoms with Crippen molar-refractivity contribution in [2.75, 3.05) is 32.7 Å². The van der Waals surface area contributed by atoms with Crippen LogP contribution in [-0.4, -0.2) is 73.0 Å². The maximum Gasteiger partial charge on any atom is 0.416 e. The van der Waals surface area contributed by atoms with Gasteiger partial charge in [-0.25, -0.2) is 4.39 Å². The number of halogens is 4. The fraction of sp³-hybridized carbons (Fsp3) is 0.333. The molecule has 0 saturated carbocycles. The minimum absolute atomic E-state index is 0.217. The van der Waals surface area contributed by atoms with Crippen LogP contribution in [0.3, 0.4) is 0 Å². The van der Waals surface area contributed by atoms with Crippen molar-refractivity contribution in [3.05, 3.63) is 66.9 Å². The van der Waals surface area contributed by atoms with E-state index in [-0.39, 0.29) is 19.1 Å². The third kappa shape index (κ3) is 4.69. The van der Waals surface area contributed by atoms with Gasteiger partial charge in [-0.05, 0) is 37.7 Å². The van der Waals surface area contributed by atoms with Crippen molar-refractivity contribution in [2.45, 2.75) is 25.2 Å². The Hall–Kier alpha value is -4.06. The number of rotatable bonds is 7.